The molecule has 8 nitrogen and oxygen atoms in total. The molecule has 0 aromatic heterocycles. The van der Waals surface area contributed by atoms with Crippen LogP contribution in [0.3, 0.4) is 0 Å². The van der Waals surface area contributed by atoms with E-state index in [0.29, 0.717) is 32.3 Å². The predicted molar refractivity (Wildman–Crippen MR) is 120 cm³/mol. The minimum atomic E-state index is -1.22. The molecule has 0 aromatic carbocycles. The summed E-state index contributed by atoms with van der Waals surface area (Å²) in [6, 6.07) is 0. The van der Waals surface area contributed by atoms with Crippen molar-refractivity contribution < 1.29 is 38.5 Å². The van der Waals surface area contributed by atoms with Gasteiger partial charge in [0.05, 0.1) is 12.5 Å². The zero-order chi connectivity index (χ0) is 24.9. The topological polar surface area (TPSA) is 116 Å². The highest BCUT2D eigenvalue weighted by Gasteiger charge is 2.72. The van der Waals surface area contributed by atoms with E-state index in [9.17, 15) is 24.3 Å². The van der Waals surface area contributed by atoms with E-state index < -0.39 is 35.0 Å². The van der Waals surface area contributed by atoms with Gasteiger partial charge in [-0.05, 0) is 81.5 Å². The van der Waals surface area contributed by atoms with Crippen LogP contribution in [0.2, 0.25) is 0 Å². The summed E-state index contributed by atoms with van der Waals surface area (Å²) in [6.45, 7) is 7.03. The molecule has 0 aromatic rings. The second-order valence-corrected chi connectivity index (χ2v) is 11.2. The van der Waals surface area contributed by atoms with Gasteiger partial charge >= 0.3 is 23.9 Å². The van der Waals surface area contributed by atoms with Crippen LogP contribution in [0.15, 0.2) is 0 Å². The number of carbonyl (C=O) groups is 4. The first-order chi connectivity index (χ1) is 16.0. The van der Waals surface area contributed by atoms with Crippen LogP contribution in [0.5, 0.6) is 0 Å². The van der Waals surface area contributed by atoms with E-state index in [2.05, 4.69) is 6.92 Å². The minimum absolute atomic E-state index is 0.133. The number of carboxylic acid groups (broad SMARTS) is 1. The van der Waals surface area contributed by atoms with Gasteiger partial charge in [0.1, 0.15) is 17.1 Å². The zero-order valence-electron chi connectivity index (χ0n) is 20.8. The van der Waals surface area contributed by atoms with Gasteiger partial charge in [-0.3, -0.25) is 19.2 Å². The maximum absolute atomic E-state index is 13.1. The number of ether oxygens (including phenoxy) is 3. The van der Waals surface area contributed by atoms with Crippen LogP contribution >= 0.6 is 0 Å². The van der Waals surface area contributed by atoms with Crippen LogP contribution in [0.25, 0.3) is 0 Å². The van der Waals surface area contributed by atoms with Crippen molar-refractivity contribution >= 4 is 23.9 Å². The lowest BCUT2D eigenvalue weighted by atomic mass is 9.42. The third-order valence-electron chi connectivity index (χ3n) is 9.81. The maximum Gasteiger partial charge on any atom is 0.314 e. The van der Waals surface area contributed by atoms with Crippen LogP contribution < -0.4 is 0 Å². The van der Waals surface area contributed by atoms with Gasteiger partial charge in [0.15, 0.2) is 0 Å². The minimum Gasteiger partial charge on any atom is -0.481 e. The van der Waals surface area contributed by atoms with Crippen molar-refractivity contribution in [3.8, 4) is 0 Å². The number of hydrogen-bond donors (Lipinski definition) is 1. The molecular formula is C26H38O8. The third-order valence-corrected chi connectivity index (χ3v) is 9.81. The fourth-order valence-electron chi connectivity index (χ4n) is 8.70. The summed E-state index contributed by atoms with van der Waals surface area (Å²) in [5.74, 6) is -1.91. The Labute approximate surface area is 201 Å². The second-order valence-electron chi connectivity index (χ2n) is 11.2. The Kier molecular flexibility index (Phi) is 6.49. The Morgan fingerprint density at radius 3 is 2.26 bits per heavy atom. The lowest BCUT2D eigenvalue weighted by Gasteiger charge is -2.63. The molecule has 0 bridgehead atoms. The summed E-state index contributed by atoms with van der Waals surface area (Å²) in [6.07, 6.45) is 4.72. The van der Waals surface area contributed by atoms with Crippen LogP contribution in [0.4, 0.5) is 0 Å². The fourth-order valence-corrected chi connectivity index (χ4v) is 8.70. The van der Waals surface area contributed by atoms with E-state index in [0.717, 1.165) is 25.7 Å². The Balaban J connectivity index is 1.71. The number of fused-ring (bicyclic) bond motifs is 5. The lowest BCUT2D eigenvalue weighted by Crippen LogP contribution is -2.68. The highest BCUT2D eigenvalue weighted by molar-refractivity contribution is 5.79. The highest BCUT2D eigenvalue weighted by atomic mass is 16.6. The van der Waals surface area contributed by atoms with Gasteiger partial charge < -0.3 is 19.3 Å². The molecule has 0 heterocycles. The summed E-state index contributed by atoms with van der Waals surface area (Å²) in [5.41, 5.74) is -2.62. The number of hydrogen-bond acceptors (Lipinski definition) is 7. The normalized spacial score (nSPS) is 43.0. The lowest BCUT2D eigenvalue weighted by molar-refractivity contribution is -0.247. The van der Waals surface area contributed by atoms with Gasteiger partial charge in [0.2, 0.25) is 0 Å². The molecule has 190 valence electrons. The van der Waals surface area contributed by atoms with E-state index >= 15 is 0 Å². The largest absolute Gasteiger partial charge is 0.481 e. The van der Waals surface area contributed by atoms with Crippen molar-refractivity contribution in [1.82, 2.24) is 0 Å². The van der Waals surface area contributed by atoms with Crippen molar-refractivity contribution in [3.05, 3.63) is 0 Å². The van der Waals surface area contributed by atoms with Crippen LogP contribution in [0, 0.1) is 34.5 Å². The fraction of sp³-hybridized carbons (Fsp3) is 0.846. The molecule has 4 aliphatic rings. The molecule has 34 heavy (non-hydrogen) atoms. The Hall–Kier alpha value is -2.12. The van der Waals surface area contributed by atoms with Gasteiger partial charge in [-0.1, -0.05) is 6.92 Å². The van der Waals surface area contributed by atoms with Crippen LogP contribution in [-0.2, 0) is 33.4 Å². The summed E-state index contributed by atoms with van der Waals surface area (Å²) in [5, 5.41) is 10.8. The summed E-state index contributed by atoms with van der Waals surface area (Å²) in [4.78, 5) is 49.8. The molecule has 0 saturated heterocycles. The van der Waals surface area contributed by atoms with Crippen molar-refractivity contribution in [2.45, 2.75) is 97.2 Å². The standard InChI is InChI=1S/C26H38O8/c1-5-32-22(29)21-7-6-19-18-9-12-25(34-16(3)28)14-17(33-15(2)27)8-13-26(25,23(30)31)20(18)10-11-24(19,21)4/h17-21H,5-14H2,1-4H3,(H,30,31)/t17-,18+,19-,20+,21+,24-,25+,26-/m1/s1. The van der Waals surface area contributed by atoms with Gasteiger partial charge in [-0.2, -0.15) is 0 Å². The van der Waals surface area contributed by atoms with E-state index in [1.54, 1.807) is 0 Å². The van der Waals surface area contributed by atoms with E-state index in [1.807, 2.05) is 6.92 Å². The predicted octanol–water partition coefficient (Wildman–Crippen LogP) is 3.89. The first-order valence-electron chi connectivity index (χ1n) is 12.8. The maximum atomic E-state index is 13.1. The van der Waals surface area contributed by atoms with Crippen LogP contribution in [0.1, 0.15) is 85.5 Å². The quantitative estimate of drug-likeness (QED) is 0.467. The molecule has 4 aliphatic carbocycles. The number of carbonyl (C=O) groups excluding carboxylic acids is 3. The molecule has 8 heteroatoms. The van der Waals surface area contributed by atoms with Gasteiger partial charge in [0.25, 0.3) is 0 Å². The van der Waals surface area contributed by atoms with Crippen molar-refractivity contribution in [2.24, 2.45) is 34.5 Å². The number of carboxylic acids is 1. The molecule has 4 fully saturated rings. The number of rotatable bonds is 5. The summed E-state index contributed by atoms with van der Waals surface area (Å²) in [7, 11) is 0. The van der Waals surface area contributed by atoms with E-state index in [-0.39, 0.29) is 41.5 Å². The highest BCUT2D eigenvalue weighted by Crippen LogP contribution is 2.69. The Morgan fingerprint density at radius 1 is 0.912 bits per heavy atom. The first-order valence-corrected chi connectivity index (χ1v) is 12.8. The molecule has 0 unspecified atom stereocenters. The average Bonchev–Trinajstić information content (AvgIpc) is 3.09. The van der Waals surface area contributed by atoms with Gasteiger partial charge in [0, 0.05) is 20.3 Å². The first kappa shape index (κ1) is 25.0. The molecule has 1 N–H and O–H groups in total. The third kappa shape index (κ3) is 3.63. The summed E-state index contributed by atoms with van der Waals surface area (Å²) < 4.78 is 16.8. The van der Waals surface area contributed by atoms with E-state index in [1.165, 1.54) is 13.8 Å². The smallest absolute Gasteiger partial charge is 0.314 e. The number of aliphatic carboxylic acids is 1. The zero-order valence-corrected chi connectivity index (χ0v) is 20.8. The Bertz CT molecular complexity index is 869. The van der Waals surface area contributed by atoms with Crippen molar-refractivity contribution in [2.75, 3.05) is 6.61 Å². The average molecular weight is 479 g/mol. The molecule has 0 spiro atoms. The Morgan fingerprint density at radius 2 is 1.65 bits per heavy atom. The molecule has 4 rings (SSSR count). The molecule has 4 saturated carbocycles. The molecular weight excluding hydrogens is 440 g/mol. The number of esters is 3. The monoisotopic (exact) mass is 478 g/mol. The van der Waals surface area contributed by atoms with E-state index in [4.69, 9.17) is 14.2 Å². The molecule has 0 amide bonds. The SMILES string of the molecule is CCOC(=O)[C@@H]1CC[C@@H]2[C@@H]3CC[C@]4(OC(C)=O)C[C@H](OC(C)=O)CC[C@]4(C(=O)O)[C@H]3CC[C@]21C. The molecule has 0 radical (unpaired) electrons. The summed E-state index contributed by atoms with van der Waals surface area (Å²) >= 11 is 0. The molecule has 0 aliphatic heterocycles. The van der Waals surface area contributed by atoms with Crippen molar-refractivity contribution in [3.63, 3.8) is 0 Å². The molecule has 8 atom stereocenters. The van der Waals surface area contributed by atoms with Crippen molar-refractivity contribution in [1.29, 1.82) is 0 Å². The van der Waals surface area contributed by atoms with Gasteiger partial charge in [-0.15, -0.1) is 0 Å². The van der Waals surface area contributed by atoms with Crippen LogP contribution in [-0.4, -0.2) is 47.3 Å². The van der Waals surface area contributed by atoms with Gasteiger partial charge in [-0.25, -0.2) is 0 Å². The second kappa shape index (κ2) is 8.83.